The number of thioether (sulfide) groups is 1. The van der Waals surface area contributed by atoms with E-state index in [2.05, 4.69) is 16.5 Å². The summed E-state index contributed by atoms with van der Waals surface area (Å²) in [6.07, 6.45) is 4.64. The molecule has 82 valence electrons. The lowest BCUT2D eigenvalue weighted by Crippen LogP contribution is -2.38. The third kappa shape index (κ3) is 3.57. The molecule has 1 N–H and O–H groups in total. The minimum Gasteiger partial charge on any atom is -0.303 e. The fraction of sp³-hybridized carbons (Fsp3) is 0.600. The molecule has 5 heteroatoms. The Labute approximate surface area is 94.7 Å². The molecule has 0 spiro atoms. The molecule has 1 aromatic heterocycles. The monoisotopic (exact) mass is 224 g/mol. The smallest absolute Gasteiger partial charge is 0.104 e. The van der Waals surface area contributed by atoms with Crippen molar-refractivity contribution in [2.75, 3.05) is 12.8 Å². The van der Waals surface area contributed by atoms with Crippen molar-refractivity contribution in [3.63, 3.8) is 0 Å². The van der Waals surface area contributed by atoms with Crippen molar-refractivity contribution in [2.24, 2.45) is 7.05 Å². The number of hydrogen-bond acceptors (Lipinski definition) is 4. The van der Waals surface area contributed by atoms with E-state index in [9.17, 15) is 0 Å². The average Bonchev–Trinajstić information content (AvgIpc) is 2.64. The predicted molar refractivity (Wildman–Crippen MR) is 61.6 cm³/mol. The molecule has 0 saturated heterocycles. The zero-order valence-electron chi connectivity index (χ0n) is 9.32. The quantitative estimate of drug-likeness (QED) is 0.768. The second-order valence-corrected chi connectivity index (χ2v) is 4.81. The van der Waals surface area contributed by atoms with E-state index >= 15 is 0 Å². The topological polar surface area (TPSA) is 53.6 Å². The molecule has 0 fully saturated rings. The average molecular weight is 224 g/mol. The lowest BCUT2D eigenvalue weighted by Gasteiger charge is -2.19. The van der Waals surface area contributed by atoms with Crippen LogP contribution in [0, 0.1) is 11.3 Å². The van der Waals surface area contributed by atoms with Gasteiger partial charge in [-0.2, -0.15) is 10.4 Å². The fourth-order valence-corrected chi connectivity index (χ4v) is 2.18. The molecule has 15 heavy (non-hydrogen) atoms. The van der Waals surface area contributed by atoms with Crippen LogP contribution in [-0.4, -0.2) is 28.1 Å². The highest BCUT2D eigenvalue weighted by Crippen LogP contribution is 2.20. The number of nitrogens with one attached hydrogen (secondary N) is 1. The molecule has 0 saturated carbocycles. The highest BCUT2D eigenvalue weighted by atomic mass is 32.2. The zero-order valence-corrected chi connectivity index (χ0v) is 10.1. The van der Waals surface area contributed by atoms with Gasteiger partial charge in [-0.3, -0.25) is 4.68 Å². The van der Waals surface area contributed by atoms with Gasteiger partial charge in [0.2, 0.25) is 0 Å². The Morgan fingerprint density at radius 1 is 1.73 bits per heavy atom. The summed E-state index contributed by atoms with van der Waals surface area (Å²) < 4.78 is 1.78. The molecular formula is C10H16N4S. The van der Waals surface area contributed by atoms with Gasteiger partial charge in [0, 0.05) is 23.9 Å². The van der Waals surface area contributed by atoms with Gasteiger partial charge in [0.05, 0.1) is 12.3 Å². The SMILES string of the molecule is CNC(C)(C#N)CCSc1cnn(C)c1. The lowest BCUT2D eigenvalue weighted by atomic mass is 10.0. The maximum absolute atomic E-state index is 8.95. The van der Waals surface area contributed by atoms with Gasteiger partial charge in [-0.05, 0) is 20.4 Å². The van der Waals surface area contributed by atoms with Crippen molar-refractivity contribution in [1.82, 2.24) is 15.1 Å². The van der Waals surface area contributed by atoms with Gasteiger partial charge >= 0.3 is 0 Å². The zero-order chi connectivity index (χ0) is 11.3. The molecule has 1 unspecified atom stereocenters. The molecule has 0 amide bonds. The third-order valence-corrected chi connectivity index (χ3v) is 3.30. The van der Waals surface area contributed by atoms with Crippen LogP contribution in [0.3, 0.4) is 0 Å². The number of aromatic nitrogens is 2. The van der Waals surface area contributed by atoms with Crippen LogP contribution < -0.4 is 5.32 Å². The van der Waals surface area contributed by atoms with Crippen molar-refractivity contribution in [1.29, 1.82) is 5.26 Å². The largest absolute Gasteiger partial charge is 0.303 e. The van der Waals surface area contributed by atoms with Gasteiger partial charge in [-0.1, -0.05) is 0 Å². The van der Waals surface area contributed by atoms with Crippen molar-refractivity contribution in [2.45, 2.75) is 23.8 Å². The maximum atomic E-state index is 8.95. The summed E-state index contributed by atoms with van der Waals surface area (Å²) in [4.78, 5) is 1.15. The Morgan fingerprint density at radius 2 is 2.47 bits per heavy atom. The predicted octanol–water partition coefficient (Wildman–Crippen LogP) is 1.40. The van der Waals surface area contributed by atoms with Crippen LogP contribution in [-0.2, 0) is 7.05 Å². The van der Waals surface area contributed by atoms with Crippen LogP contribution in [0.25, 0.3) is 0 Å². The second-order valence-electron chi connectivity index (χ2n) is 3.64. The van der Waals surface area contributed by atoms with Crippen LogP contribution in [0.2, 0.25) is 0 Å². The maximum Gasteiger partial charge on any atom is 0.104 e. The van der Waals surface area contributed by atoms with Crippen molar-refractivity contribution in [3.05, 3.63) is 12.4 Å². The summed E-state index contributed by atoms with van der Waals surface area (Å²) in [6.45, 7) is 1.91. The summed E-state index contributed by atoms with van der Waals surface area (Å²) >= 11 is 1.72. The minimum atomic E-state index is -0.421. The summed E-state index contributed by atoms with van der Waals surface area (Å²) in [5.41, 5.74) is -0.421. The minimum absolute atomic E-state index is 0.421. The lowest BCUT2D eigenvalue weighted by molar-refractivity contribution is 0.480. The molecule has 0 radical (unpaired) electrons. The molecule has 4 nitrogen and oxygen atoms in total. The van der Waals surface area contributed by atoms with E-state index < -0.39 is 5.54 Å². The van der Waals surface area contributed by atoms with Crippen molar-refractivity contribution >= 4 is 11.8 Å². The molecule has 1 aromatic rings. The summed E-state index contributed by atoms with van der Waals surface area (Å²) in [7, 11) is 3.72. The first-order valence-corrected chi connectivity index (χ1v) is 5.80. The van der Waals surface area contributed by atoms with Gasteiger partial charge < -0.3 is 5.32 Å². The van der Waals surface area contributed by atoms with Gasteiger partial charge in [0.25, 0.3) is 0 Å². The Bertz CT molecular complexity index is 355. The molecule has 1 rings (SSSR count). The van der Waals surface area contributed by atoms with E-state index in [4.69, 9.17) is 5.26 Å². The summed E-state index contributed by atoms with van der Waals surface area (Å²) in [5, 5.41) is 16.1. The molecular weight excluding hydrogens is 208 g/mol. The Kier molecular flexibility index (Phi) is 4.18. The molecule has 0 bridgehead atoms. The number of rotatable bonds is 5. The van der Waals surface area contributed by atoms with E-state index in [1.54, 1.807) is 16.4 Å². The molecule has 0 aliphatic heterocycles. The van der Waals surface area contributed by atoms with Gasteiger partial charge in [-0.15, -0.1) is 11.8 Å². The number of nitrogens with zero attached hydrogens (tertiary/aromatic N) is 3. The first-order chi connectivity index (χ1) is 7.09. The standard InChI is InChI=1S/C10H16N4S/c1-10(8-11,12-2)4-5-15-9-6-13-14(3)7-9/h6-7,12H,4-5H2,1-3H3. The van der Waals surface area contributed by atoms with Crippen LogP contribution in [0.15, 0.2) is 17.3 Å². The molecule has 1 heterocycles. The number of hydrogen-bond donors (Lipinski definition) is 1. The van der Waals surface area contributed by atoms with E-state index in [1.165, 1.54) is 0 Å². The molecule has 0 aromatic carbocycles. The first-order valence-electron chi connectivity index (χ1n) is 4.81. The highest BCUT2D eigenvalue weighted by molar-refractivity contribution is 7.99. The van der Waals surface area contributed by atoms with Gasteiger partial charge in [0.15, 0.2) is 0 Å². The fourth-order valence-electron chi connectivity index (χ4n) is 1.08. The molecule has 0 aliphatic carbocycles. The molecule has 1 atom stereocenters. The first kappa shape index (κ1) is 12.1. The second kappa shape index (κ2) is 5.19. The van der Waals surface area contributed by atoms with Gasteiger partial charge in [-0.25, -0.2) is 0 Å². The Hall–Kier alpha value is -0.990. The van der Waals surface area contributed by atoms with Gasteiger partial charge in [0.1, 0.15) is 5.54 Å². The Balaban J connectivity index is 2.37. The van der Waals surface area contributed by atoms with Crippen LogP contribution in [0.1, 0.15) is 13.3 Å². The van der Waals surface area contributed by atoms with Crippen LogP contribution in [0.4, 0.5) is 0 Å². The summed E-state index contributed by atoms with van der Waals surface area (Å²) in [5.74, 6) is 0.913. The Morgan fingerprint density at radius 3 is 2.93 bits per heavy atom. The van der Waals surface area contributed by atoms with E-state index in [0.29, 0.717) is 0 Å². The normalized spacial score (nSPS) is 14.5. The van der Waals surface area contributed by atoms with Crippen molar-refractivity contribution in [3.8, 4) is 6.07 Å². The number of nitriles is 1. The van der Waals surface area contributed by atoms with Crippen LogP contribution >= 0.6 is 11.8 Å². The van der Waals surface area contributed by atoms with E-state index in [1.807, 2.05) is 33.4 Å². The van der Waals surface area contributed by atoms with Crippen LogP contribution in [0.5, 0.6) is 0 Å². The van der Waals surface area contributed by atoms with E-state index in [0.717, 1.165) is 17.1 Å². The number of aryl methyl sites for hydroxylation is 1. The van der Waals surface area contributed by atoms with Crippen molar-refractivity contribution < 1.29 is 0 Å². The van der Waals surface area contributed by atoms with E-state index in [-0.39, 0.29) is 0 Å². The third-order valence-electron chi connectivity index (χ3n) is 2.35. The highest BCUT2D eigenvalue weighted by Gasteiger charge is 2.20. The summed E-state index contributed by atoms with van der Waals surface area (Å²) in [6, 6.07) is 2.27. The molecule has 0 aliphatic rings.